The summed E-state index contributed by atoms with van der Waals surface area (Å²) in [6.45, 7) is 1.08. The lowest BCUT2D eigenvalue weighted by Crippen LogP contribution is -2.33. The summed E-state index contributed by atoms with van der Waals surface area (Å²) in [5.41, 5.74) is 1.69. The first-order valence-corrected chi connectivity index (χ1v) is 10.8. The number of methoxy groups -OCH3 is 2. The molecule has 0 atom stereocenters. The Morgan fingerprint density at radius 1 is 1.19 bits per heavy atom. The van der Waals surface area contributed by atoms with Crippen molar-refractivity contribution in [1.29, 1.82) is 0 Å². The van der Waals surface area contributed by atoms with Crippen molar-refractivity contribution in [1.82, 2.24) is 9.88 Å². The van der Waals surface area contributed by atoms with Gasteiger partial charge in [0.05, 0.1) is 26.0 Å². The van der Waals surface area contributed by atoms with Crippen molar-refractivity contribution in [2.24, 2.45) is 0 Å². The summed E-state index contributed by atoms with van der Waals surface area (Å²) in [6.07, 6.45) is 0. The first-order chi connectivity index (χ1) is 15.5. The molecule has 32 heavy (non-hydrogen) atoms. The first-order valence-electron chi connectivity index (χ1n) is 9.91. The molecule has 170 valence electrons. The average Bonchev–Trinajstić information content (AvgIpc) is 3.28. The molecule has 0 spiro atoms. The third-order valence-electron chi connectivity index (χ3n) is 4.64. The molecule has 1 amide bonds. The van der Waals surface area contributed by atoms with Crippen LogP contribution >= 0.6 is 11.3 Å². The molecule has 1 heterocycles. The van der Waals surface area contributed by atoms with Gasteiger partial charge in [-0.3, -0.25) is 4.79 Å². The number of aliphatic hydroxyl groups excluding tert-OH is 1. The van der Waals surface area contributed by atoms with Crippen LogP contribution in [-0.2, 0) is 24.5 Å². The smallest absolute Gasteiger partial charge is 0.254 e. The summed E-state index contributed by atoms with van der Waals surface area (Å²) in [6, 6.07) is 11.0. The second kappa shape index (κ2) is 11.6. The van der Waals surface area contributed by atoms with Crippen molar-refractivity contribution in [2.75, 3.05) is 27.4 Å². The highest BCUT2D eigenvalue weighted by Gasteiger charge is 2.18. The summed E-state index contributed by atoms with van der Waals surface area (Å²) < 4.78 is 30.0. The number of hydrogen-bond donors (Lipinski definition) is 1. The van der Waals surface area contributed by atoms with Crippen LogP contribution in [0.25, 0.3) is 0 Å². The van der Waals surface area contributed by atoms with E-state index < -0.39 is 5.82 Å². The second-order valence-corrected chi connectivity index (χ2v) is 7.84. The SMILES string of the molecule is COCCN(Cc1ccc(OC)c(OCc2nc(CO)cs2)c1)C(=O)c1cccc(F)c1. The molecule has 1 N–H and O–H groups in total. The molecular weight excluding hydrogens is 435 g/mol. The topological polar surface area (TPSA) is 81.1 Å². The molecule has 0 bridgehead atoms. The van der Waals surface area contributed by atoms with Crippen molar-refractivity contribution >= 4 is 17.2 Å². The average molecular weight is 461 g/mol. The Balaban J connectivity index is 1.77. The lowest BCUT2D eigenvalue weighted by atomic mass is 10.1. The van der Waals surface area contributed by atoms with Crippen molar-refractivity contribution in [3.05, 3.63) is 75.5 Å². The molecule has 1 aromatic heterocycles. The van der Waals surface area contributed by atoms with Gasteiger partial charge < -0.3 is 24.2 Å². The fourth-order valence-electron chi connectivity index (χ4n) is 3.04. The van der Waals surface area contributed by atoms with Crippen molar-refractivity contribution in [2.45, 2.75) is 19.8 Å². The molecule has 3 rings (SSSR count). The number of halogens is 1. The summed E-state index contributed by atoms with van der Waals surface area (Å²) in [5, 5.41) is 11.7. The molecular formula is C23H25FN2O5S. The third kappa shape index (κ3) is 6.25. The van der Waals surface area contributed by atoms with Crippen LogP contribution in [0.4, 0.5) is 4.39 Å². The number of hydrogen-bond acceptors (Lipinski definition) is 7. The Kier molecular flexibility index (Phi) is 8.55. The molecule has 0 saturated heterocycles. The van der Waals surface area contributed by atoms with E-state index in [0.29, 0.717) is 30.3 Å². The van der Waals surface area contributed by atoms with Gasteiger partial charge in [-0.15, -0.1) is 11.3 Å². The predicted molar refractivity (Wildman–Crippen MR) is 118 cm³/mol. The Bertz CT molecular complexity index is 1040. The van der Waals surface area contributed by atoms with Gasteiger partial charge in [-0.1, -0.05) is 12.1 Å². The van der Waals surface area contributed by atoms with E-state index in [4.69, 9.17) is 19.3 Å². The van der Waals surface area contributed by atoms with Gasteiger partial charge in [-0.25, -0.2) is 9.37 Å². The minimum Gasteiger partial charge on any atom is -0.493 e. The number of rotatable bonds is 11. The van der Waals surface area contributed by atoms with Gasteiger partial charge in [-0.2, -0.15) is 0 Å². The van der Waals surface area contributed by atoms with Gasteiger partial charge in [0.25, 0.3) is 5.91 Å². The number of carbonyl (C=O) groups excluding carboxylic acids is 1. The molecule has 7 nitrogen and oxygen atoms in total. The fraction of sp³-hybridized carbons (Fsp3) is 0.304. The predicted octanol–water partition coefficient (Wildman–Crippen LogP) is 3.65. The third-order valence-corrected chi connectivity index (χ3v) is 5.51. The van der Waals surface area contributed by atoms with E-state index >= 15 is 0 Å². The monoisotopic (exact) mass is 460 g/mol. The highest BCUT2D eigenvalue weighted by Crippen LogP contribution is 2.30. The normalized spacial score (nSPS) is 10.8. The second-order valence-electron chi connectivity index (χ2n) is 6.89. The van der Waals surface area contributed by atoms with E-state index in [9.17, 15) is 9.18 Å². The Hall–Kier alpha value is -3.01. The molecule has 3 aromatic rings. The number of benzene rings is 2. The first kappa shape index (κ1) is 23.6. The largest absolute Gasteiger partial charge is 0.493 e. The van der Waals surface area contributed by atoms with E-state index in [1.165, 1.54) is 29.5 Å². The molecule has 0 aliphatic rings. The fourth-order valence-corrected chi connectivity index (χ4v) is 3.73. The summed E-state index contributed by atoms with van der Waals surface area (Å²) in [5.74, 6) is 0.302. The molecule has 0 saturated carbocycles. The van der Waals surface area contributed by atoms with Gasteiger partial charge in [0, 0.05) is 31.1 Å². The van der Waals surface area contributed by atoms with Crippen LogP contribution in [0, 0.1) is 5.82 Å². The zero-order valence-electron chi connectivity index (χ0n) is 17.9. The van der Waals surface area contributed by atoms with Crippen LogP contribution < -0.4 is 9.47 Å². The molecule has 2 aromatic carbocycles. The van der Waals surface area contributed by atoms with Gasteiger partial charge in [0.15, 0.2) is 11.5 Å². The Labute approximate surface area is 190 Å². The zero-order valence-corrected chi connectivity index (χ0v) is 18.7. The van der Waals surface area contributed by atoms with Crippen LogP contribution in [0.5, 0.6) is 11.5 Å². The Morgan fingerprint density at radius 2 is 2.03 bits per heavy atom. The minimum atomic E-state index is -0.464. The maximum absolute atomic E-state index is 13.6. The van der Waals surface area contributed by atoms with Gasteiger partial charge in [0.2, 0.25) is 0 Å². The number of aromatic nitrogens is 1. The number of thiazole rings is 1. The Morgan fingerprint density at radius 3 is 2.72 bits per heavy atom. The van der Waals surface area contributed by atoms with Crippen LogP contribution in [0.2, 0.25) is 0 Å². The van der Waals surface area contributed by atoms with Crippen molar-refractivity contribution < 1.29 is 28.5 Å². The summed E-state index contributed by atoms with van der Waals surface area (Å²) in [4.78, 5) is 18.8. The van der Waals surface area contributed by atoms with Crippen molar-refractivity contribution in [3.63, 3.8) is 0 Å². The molecule has 9 heteroatoms. The van der Waals surface area contributed by atoms with E-state index in [1.807, 2.05) is 6.07 Å². The maximum Gasteiger partial charge on any atom is 0.254 e. The van der Waals surface area contributed by atoms with E-state index in [-0.39, 0.29) is 31.2 Å². The van der Waals surface area contributed by atoms with Crippen LogP contribution in [0.15, 0.2) is 47.8 Å². The van der Waals surface area contributed by atoms with Crippen LogP contribution in [0.1, 0.15) is 26.6 Å². The van der Waals surface area contributed by atoms with Crippen LogP contribution in [-0.4, -0.2) is 48.3 Å². The molecule has 0 aliphatic heterocycles. The van der Waals surface area contributed by atoms with Gasteiger partial charge >= 0.3 is 0 Å². The molecule has 0 fully saturated rings. The molecule has 0 radical (unpaired) electrons. The number of amides is 1. The highest BCUT2D eigenvalue weighted by atomic mass is 32.1. The molecule has 0 unspecified atom stereocenters. The van der Waals surface area contributed by atoms with Crippen LogP contribution in [0.3, 0.4) is 0 Å². The lowest BCUT2D eigenvalue weighted by Gasteiger charge is -2.23. The van der Waals surface area contributed by atoms with E-state index in [0.717, 1.165) is 10.6 Å². The standard InChI is InChI=1S/C23H25FN2O5S/c1-29-9-8-26(23(28)17-4-3-5-18(24)11-17)12-16-6-7-20(30-2)21(10-16)31-14-22-25-19(13-27)15-32-22/h3-7,10-11,15,27H,8-9,12-14H2,1-2H3. The van der Waals surface area contributed by atoms with E-state index in [1.54, 1.807) is 42.7 Å². The number of ether oxygens (including phenoxy) is 3. The van der Waals surface area contributed by atoms with Crippen molar-refractivity contribution in [3.8, 4) is 11.5 Å². The van der Waals surface area contributed by atoms with Gasteiger partial charge in [-0.05, 0) is 35.9 Å². The molecule has 0 aliphatic carbocycles. The number of carbonyl (C=O) groups is 1. The summed E-state index contributed by atoms with van der Waals surface area (Å²) in [7, 11) is 3.11. The minimum absolute atomic E-state index is 0.119. The summed E-state index contributed by atoms with van der Waals surface area (Å²) >= 11 is 1.40. The quantitative estimate of drug-likeness (QED) is 0.471. The zero-order chi connectivity index (χ0) is 22.9. The number of aliphatic hydroxyl groups is 1. The van der Waals surface area contributed by atoms with Gasteiger partial charge in [0.1, 0.15) is 17.4 Å². The lowest BCUT2D eigenvalue weighted by molar-refractivity contribution is 0.0679. The van der Waals surface area contributed by atoms with E-state index in [2.05, 4.69) is 4.98 Å². The highest BCUT2D eigenvalue weighted by molar-refractivity contribution is 7.09. The maximum atomic E-state index is 13.6. The number of nitrogens with zero attached hydrogens (tertiary/aromatic N) is 2.